The van der Waals surface area contributed by atoms with Crippen molar-refractivity contribution in [2.45, 2.75) is 0 Å². The van der Waals surface area contributed by atoms with Gasteiger partial charge in [0.25, 0.3) is 0 Å². The van der Waals surface area contributed by atoms with Crippen LogP contribution in [0.4, 0.5) is 0 Å². The number of fused-ring (bicyclic) bond motifs is 6. The van der Waals surface area contributed by atoms with Gasteiger partial charge in [0.15, 0.2) is 17.5 Å². The lowest BCUT2D eigenvalue weighted by Gasteiger charge is -2.10. The lowest BCUT2D eigenvalue weighted by molar-refractivity contribution is 0.669. The van der Waals surface area contributed by atoms with E-state index in [1.54, 1.807) is 11.3 Å². The zero-order valence-corrected chi connectivity index (χ0v) is 27.6. The van der Waals surface area contributed by atoms with Crippen molar-refractivity contribution in [1.29, 1.82) is 0 Å². The largest absolute Gasteiger partial charge is 0.456 e. The van der Waals surface area contributed by atoms with Crippen LogP contribution >= 0.6 is 11.3 Å². The van der Waals surface area contributed by atoms with Crippen LogP contribution in [0.1, 0.15) is 0 Å². The van der Waals surface area contributed by atoms with E-state index in [-0.39, 0.29) is 0 Å². The first-order chi connectivity index (χ1) is 24.7. The van der Waals surface area contributed by atoms with Crippen LogP contribution in [0.5, 0.6) is 0 Å². The lowest BCUT2D eigenvalue weighted by atomic mass is 10.0. The molecule has 3 aromatic heterocycles. The lowest BCUT2D eigenvalue weighted by Crippen LogP contribution is -2.00. The molecule has 5 heteroatoms. The molecule has 0 spiro atoms. The molecule has 0 aliphatic carbocycles. The molecule has 0 amide bonds. The van der Waals surface area contributed by atoms with Crippen LogP contribution in [0.2, 0.25) is 0 Å². The minimum atomic E-state index is 0.596. The van der Waals surface area contributed by atoms with Gasteiger partial charge in [0.2, 0.25) is 0 Å². The van der Waals surface area contributed by atoms with Crippen molar-refractivity contribution in [3.05, 3.63) is 164 Å². The molecule has 0 radical (unpaired) electrons. The molecular formula is C45H27N3OS. The molecule has 4 nitrogen and oxygen atoms in total. The van der Waals surface area contributed by atoms with Gasteiger partial charge in [0, 0.05) is 47.6 Å². The summed E-state index contributed by atoms with van der Waals surface area (Å²) in [6.45, 7) is 0. The summed E-state index contributed by atoms with van der Waals surface area (Å²) >= 11 is 1.79. The van der Waals surface area contributed by atoms with Crippen molar-refractivity contribution >= 4 is 53.4 Å². The minimum Gasteiger partial charge on any atom is -0.456 e. The fraction of sp³-hybridized carbons (Fsp3) is 0. The van der Waals surface area contributed by atoms with Crippen molar-refractivity contribution in [3.8, 4) is 56.4 Å². The Morgan fingerprint density at radius 1 is 0.320 bits per heavy atom. The second-order valence-corrected chi connectivity index (χ2v) is 13.5. The smallest absolute Gasteiger partial charge is 0.164 e. The van der Waals surface area contributed by atoms with Gasteiger partial charge < -0.3 is 4.42 Å². The van der Waals surface area contributed by atoms with Crippen molar-refractivity contribution in [2.24, 2.45) is 0 Å². The zero-order chi connectivity index (χ0) is 33.0. The number of nitrogens with zero attached hydrogens (tertiary/aromatic N) is 3. The number of benzene rings is 7. The maximum Gasteiger partial charge on any atom is 0.164 e. The molecular weight excluding hydrogens is 631 g/mol. The molecule has 0 fully saturated rings. The quantitative estimate of drug-likeness (QED) is 0.185. The molecule has 0 atom stereocenters. The Kier molecular flexibility index (Phi) is 6.64. The molecule has 0 aliphatic rings. The summed E-state index contributed by atoms with van der Waals surface area (Å²) in [6, 6.07) is 56.9. The minimum absolute atomic E-state index is 0.596. The van der Waals surface area contributed by atoms with Gasteiger partial charge in [-0.05, 0) is 64.7 Å². The van der Waals surface area contributed by atoms with Crippen LogP contribution in [0, 0.1) is 0 Å². The Morgan fingerprint density at radius 3 is 1.46 bits per heavy atom. The third-order valence-corrected chi connectivity index (χ3v) is 10.5. The maximum absolute atomic E-state index is 6.48. The molecule has 0 saturated heterocycles. The van der Waals surface area contributed by atoms with Gasteiger partial charge in [0.1, 0.15) is 11.2 Å². The summed E-state index contributed by atoms with van der Waals surface area (Å²) < 4.78 is 8.95. The van der Waals surface area contributed by atoms with Crippen LogP contribution in [-0.4, -0.2) is 15.0 Å². The first-order valence-electron chi connectivity index (χ1n) is 16.6. The van der Waals surface area contributed by atoms with Gasteiger partial charge in [-0.3, -0.25) is 0 Å². The van der Waals surface area contributed by atoms with Crippen molar-refractivity contribution in [1.82, 2.24) is 15.0 Å². The molecule has 0 bridgehead atoms. The maximum atomic E-state index is 6.48. The summed E-state index contributed by atoms with van der Waals surface area (Å²) in [5, 5.41) is 4.65. The molecule has 0 saturated carbocycles. The van der Waals surface area contributed by atoms with Gasteiger partial charge in [-0.25, -0.2) is 15.0 Å². The highest BCUT2D eigenvalue weighted by atomic mass is 32.1. The van der Waals surface area contributed by atoms with Gasteiger partial charge >= 0.3 is 0 Å². The molecule has 50 heavy (non-hydrogen) atoms. The van der Waals surface area contributed by atoms with Crippen LogP contribution in [0.15, 0.2) is 168 Å². The number of hydrogen-bond donors (Lipinski definition) is 0. The third-order valence-electron chi connectivity index (χ3n) is 9.34. The monoisotopic (exact) mass is 657 g/mol. The summed E-state index contributed by atoms with van der Waals surface area (Å²) in [5.41, 5.74) is 8.93. The molecule has 0 unspecified atom stereocenters. The number of furan rings is 1. The number of rotatable bonds is 5. The molecule has 7 aromatic carbocycles. The normalized spacial score (nSPS) is 11.6. The van der Waals surface area contributed by atoms with E-state index in [0.717, 1.165) is 60.9 Å². The van der Waals surface area contributed by atoms with E-state index in [4.69, 9.17) is 19.4 Å². The predicted molar refractivity (Wildman–Crippen MR) is 207 cm³/mol. The van der Waals surface area contributed by atoms with E-state index in [1.807, 2.05) is 12.1 Å². The Hall–Kier alpha value is -6.43. The molecule has 10 aromatic rings. The first kappa shape index (κ1) is 28.6. The topological polar surface area (TPSA) is 51.8 Å². The van der Waals surface area contributed by atoms with Gasteiger partial charge in [-0.1, -0.05) is 121 Å². The fourth-order valence-electron chi connectivity index (χ4n) is 6.82. The standard InChI is InChI=1S/C45H27N3OS/c1-3-10-28(11-4-1)30-14-9-15-32(24-30)43-46-44(48-45(47-43)34-20-23-38-37-16-7-8-17-41(37)50-42(38)27-34)33-19-22-36-35-21-18-31(29-12-5-2-6-13-29)25-39(35)49-40(36)26-33/h1-27H. The van der Waals surface area contributed by atoms with Crippen LogP contribution in [-0.2, 0) is 0 Å². The van der Waals surface area contributed by atoms with Crippen molar-refractivity contribution < 1.29 is 4.42 Å². The summed E-state index contributed by atoms with van der Waals surface area (Å²) in [4.78, 5) is 15.3. The van der Waals surface area contributed by atoms with Crippen LogP contribution < -0.4 is 0 Å². The van der Waals surface area contributed by atoms with Crippen molar-refractivity contribution in [3.63, 3.8) is 0 Å². The average molecular weight is 658 g/mol. The first-order valence-corrected chi connectivity index (χ1v) is 17.4. The van der Waals surface area contributed by atoms with E-state index in [1.165, 1.54) is 20.2 Å². The van der Waals surface area contributed by atoms with E-state index in [2.05, 4.69) is 152 Å². The summed E-state index contributed by atoms with van der Waals surface area (Å²) in [7, 11) is 0. The molecule has 0 aliphatic heterocycles. The Morgan fingerprint density at radius 2 is 0.780 bits per heavy atom. The summed E-state index contributed by atoms with van der Waals surface area (Å²) in [6.07, 6.45) is 0. The molecule has 0 N–H and O–H groups in total. The van der Waals surface area contributed by atoms with Gasteiger partial charge in [0.05, 0.1) is 0 Å². The zero-order valence-electron chi connectivity index (χ0n) is 26.7. The van der Waals surface area contributed by atoms with E-state index in [0.29, 0.717) is 17.5 Å². The number of hydrogen-bond acceptors (Lipinski definition) is 5. The number of aromatic nitrogens is 3. The highest BCUT2D eigenvalue weighted by molar-refractivity contribution is 7.25. The van der Waals surface area contributed by atoms with Gasteiger partial charge in [-0.2, -0.15) is 0 Å². The van der Waals surface area contributed by atoms with E-state index >= 15 is 0 Å². The van der Waals surface area contributed by atoms with Gasteiger partial charge in [-0.15, -0.1) is 11.3 Å². The molecule has 234 valence electrons. The third kappa shape index (κ3) is 4.95. The average Bonchev–Trinajstić information content (AvgIpc) is 3.75. The Bertz CT molecular complexity index is 2870. The van der Waals surface area contributed by atoms with Crippen LogP contribution in [0.3, 0.4) is 0 Å². The Balaban J connectivity index is 1.13. The van der Waals surface area contributed by atoms with E-state index in [9.17, 15) is 0 Å². The summed E-state index contributed by atoms with van der Waals surface area (Å²) in [5.74, 6) is 1.85. The van der Waals surface area contributed by atoms with E-state index < -0.39 is 0 Å². The van der Waals surface area contributed by atoms with Crippen molar-refractivity contribution in [2.75, 3.05) is 0 Å². The highest BCUT2D eigenvalue weighted by Gasteiger charge is 2.17. The molecule has 3 heterocycles. The second kappa shape index (κ2) is 11.6. The second-order valence-electron chi connectivity index (χ2n) is 12.5. The number of thiophene rings is 1. The van der Waals surface area contributed by atoms with Crippen LogP contribution in [0.25, 0.3) is 98.5 Å². The highest BCUT2D eigenvalue weighted by Crippen LogP contribution is 2.38. The SMILES string of the molecule is c1ccc(-c2cccc(-c3nc(-c4ccc5c(c4)oc4cc(-c6ccccc6)ccc45)nc(-c4ccc5c(c4)sc4ccccc45)n3)c2)cc1. The Labute approximate surface area is 292 Å². The molecule has 10 rings (SSSR count). The fourth-order valence-corrected chi connectivity index (χ4v) is 7.97. The predicted octanol–water partition coefficient (Wildman–Crippen LogP) is 12.5.